The fraction of sp³-hybridized carbons (Fsp3) is 0.462. The van der Waals surface area contributed by atoms with Gasteiger partial charge in [0.15, 0.2) is 0 Å². The fourth-order valence-corrected chi connectivity index (χ4v) is 2.75. The van der Waals surface area contributed by atoms with E-state index >= 15 is 0 Å². The number of hydrogen-bond acceptors (Lipinski definition) is 4. The average Bonchev–Trinajstić information content (AvgIpc) is 2.33. The quantitative estimate of drug-likeness (QED) is 0.892. The summed E-state index contributed by atoms with van der Waals surface area (Å²) in [6.07, 6.45) is 2.90. The zero-order chi connectivity index (χ0) is 14.9. The first kappa shape index (κ1) is 14.8. The van der Waals surface area contributed by atoms with Crippen LogP contribution in [0.3, 0.4) is 0 Å². The molecule has 0 aromatic heterocycles. The molecule has 1 aromatic carbocycles. The Balaban J connectivity index is 2.39. The molecule has 0 radical (unpaired) electrons. The van der Waals surface area contributed by atoms with Gasteiger partial charge in [-0.15, -0.1) is 0 Å². The van der Waals surface area contributed by atoms with E-state index in [2.05, 4.69) is 0 Å². The van der Waals surface area contributed by atoms with Gasteiger partial charge in [0.2, 0.25) is 10.0 Å². The minimum Gasteiger partial charge on any atom is -0.490 e. The summed E-state index contributed by atoms with van der Waals surface area (Å²) in [5, 5.41) is 9.21. The van der Waals surface area contributed by atoms with Crippen molar-refractivity contribution in [1.29, 1.82) is 0 Å². The van der Waals surface area contributed by atoms with Crippen LogP contribution in [0.25, 0.3) is 0 Å². The van der Waals surface area contributed by atoms with Gasteiger partial charge in [0.1, 0.15) is 11.3 Å². The highest BCUT2D eigenvalue weighted by Gasteiger charge is 2.25. The van der Waals surface area contributed by atoms with Crippen molar-refractivity contribution >= 4 is 16.0 Å². The molecular weight excluding hydrogens is 282 g/mol. The number of carbonyl (C=O) groups is 1. The predicted molar refractivity (Wildman–Crippen MR) is 72.5 cm³/mol. The van der Waals surface area contributed by atoms with Crippen LogP contribution in [0.15, 0.2) is 23.1 Å². The van der Waals surface area contributed by atoms with Gasteiger partial charge in [-0.25, -0.2) is 17.5 Å². The summed E-state index contributed by atoms with van der Waals surface area (Å²) < 4.78 is 30.6. The molecule has 0 spiro atoms. The molecule has 110 valence electrons. The molecule has 0 bridgehead atoms. The van der Waals surface area contributed by atoms with Gasteiger partial charge in [0.25, 0.3) is 0 Å². The normalized spacial score (nSPS) is 15.9. The molecule has 1 aliphatic rings. The molecular formula is C13H17NO5S. The van der Waals surface area contributed by atoms with Crippen LogP contribution in [0.5, 0.6) is 5.75 Å². The highest BCUT2D eigenvalue weighted by atomic mass is 32.2. The number of hydrogen-bond donors (Lipinski definition) is 1. The van der Waals surface area contributed by atoms with Gasteiger partial charge in [0.05, 0.1) is 11.0 Å². The van der Waals surface area contributed by atoms with Crippen molar-refractivity contribution in [3.05, 3.63) is 23.8 Å². The fourth-order valence-electron chi connectivity index (χ4n) is 1.82. The van der Waals surface area contributed by atoms with Crippen molar-refractivity contribution in [3.8, 4) is 5.75 Å². The van der Waals surface area contributed by atoms with Crippen molar-refractivity contribution in [2.45, 2.75) is 30.3 Å². The predicted octanol–water partition coefficient (Wildman–Crippen LogP) is 1.57. The number of aromatic carboxylic acids is 1. The minimum absolute atomic E-state index is 0.0319. The van der Waals surface area contributed by atoms with Crippen molar-refractivity contribution < 1.29 is 23.1 Å². The molecule has 1 saturated carbocycles. The number of sulfonamides is 1. The van der Waals surface area contributed by atoms with Crippen LogP contribution >= 0.6 is 0 Å². The van der Waals surface area contributed by atoms with Gasteiger partial charge in [-0.2, -0.15) is 0 Å². The van der Waals surface area contributed by atoms with E-state index in [4.69, 9.17) is 4.74 Å². The van der Waals surface area contributed by atoms with E-state index in [1.54, 1.807) is 0 Å². The number of benzene rings is 1. The van der Waals surface area contributed by atoms with Crippen LogP contribution in [0.4, 0.5) is 0 Å². The molecule has 1 fully saturated rings. The summed E-state index contributed by atoms with van der Waals surface area (Å²) in [7, 11) is -0.861. The molecule has 0 heterocycles. The smallest absolute Gasteiger partial charge is 0.339 e. The Bertz CT molecular complexity index is 620. The van der Waals surface area contributed by atoms with Crippen LogP contribution in [-0.2, 0) is 10.0 Å². The number of carboxylic acids is 1. The minimum atomic E-state index is -3.66. The van der Waals surface area contributed by atoms with Gasteiger partial charge < -0.3 is 9.84 Å². The second-order valence-electron chi connectivity index (χ2n) is 4.92. The molecule has 0 unspecified atom stereocenters. The highest BCUT2D eigenvalue weighted by molar-refractivity contribution is 7.89. The van der Waals surface area contributed by atoms with Gasteiger partial charge in [-0.1, -0.05) is 0 Å². The van der Waals surface area contributed by atoms with Crippen LogP contribution in [0.2, 0.25) is 0 Å². The van der Waals surface area contributed by atoms with Gasteiger partial charge in [-0.3, -0.25) is 0 Å². The summed E-state index contributed by atoms with van der Waals surface area (Å²) in [5.41, 5.74) is -0.125. The van der Waals surface area contributed by atoms with E-state index < -0.39 is 16.0 Å². The molecule has 7 heteroatoms. The van der Waals surface area contributed by atoms with E-state index in [9.17, 15) is 18.3 Å². The van der Waals surface area contributed by atoms with E-state index in [0.717, 1.165) is 29.6 Å². The van der Waals surface area contributed by atoms with Crippen LogP contribution in [0, 0.1) is 0 Å². The summed E-state index contributed by atoms with van der Waals surface area (Å²) in [5.74, 6) is -0.977. The summed E-state index contributed by atoms with van der Waals surface area (Å²) >= 11 is 0. The lowest BCUT2D eigenvalue weighted by Crippen LogP contribution is -2.26. The van der Waals surface area contributed by atoms with Crippen molar-refractivity contribution in [3.63, 3.8) is 0 Å². The van der Waals surface area contributed by atoms with Gasteiger partial charge >= 0.3 is 5.97 Å². The van der Waals surface area contributed by atoms with Crippen molar-refractivity contribution in [2.24, 2.45) is 0 Å². The molecule has 0 amide bonds. The lowest BCUT2D eigenvalue weighted by Gasteiger charge is -2.27. The maximum atomic E-state index is 12.0. The molecule has 20 heavy (non-hydrogen) atoms. The lowest BCUT2D eigenvalue weighted by molar-refractivity contribution is 0.0679. The van der Waals surface area contributed by atoms with E-state index in [0.29, 0.717) is 0 Å². The Morgan fingerprint density at radius 2 is 2.00 bits per heavy atom. The zero-order valence-corrected chi connectivity index (χ0v) is 12.2. The molecule has 0 aliphatic heterocycles. The molecule has 1 aromatic rings. The molecule has 2 rings (SSSR count). The zero-order valence-electron chi connectivity index (χ0n) is 11.4. The van der Waals surface area contributed by atoms with Crippen LogP contribution in [-0.4, -0.2) is 44.0 Å². The average molecular weight is 299 g/mol. The Kier molecular flexibility index (Phi) is 4.01. The third kappa shape index (κ3) is 2.78. The molecule has 1 aliphatic carbocycles. The van der Waals surface area contributed by atoms with Crippen LogP contribution < -0.4 is 4.74 Å². The third-order valence-electron chi connectivity index (χ3n) is 3.31. The first-order valence-corrected chi connectivity index (χ1v) is 7.73. The Morgan fingerprint density at radius 3 is 2.45 bits per heavy atom. The number of ether oxygens (including phenoxy) is 1. The lowest BCUT2D eigenvalue weighted by atomic mass is 9.96. The van der Waals surface area contributed by atoms with E-state index in [1.807, 2.05) is 0 Å². The third-order valence-corrected chi connectivity index (χ3v) is 5.12. The number of carboxylic acid groups (broad SMARTS) is 1. The molecule has 6 nitrogen and oxygen atoms in total. The second-order valence-corrected chi connectivity index (χ2v) is 7.07. The second kappa shape index (κ2) is 5.41. The first-order valence-electron chi connectivity index (χ1n) is 6.29. The maximum absolute atomic E-state index is 12.0. The highest BCUT2D eigenvalue weighted by Crippen LogP contribution is 2.29. The summed E-state index contributed by atoms with van der Waals surface area (Å²) in [6, 6.07) is 3.93. The monoisotopic (exact) mass is 299 g/mol. The topological polar surface area (TPSA) is 83.9 Å². The van der Waals surface area contributed by atoms with Crippen molar-refractivity contribution in [1.82, 2.24) is 4.31 Å². The SMILES string of the molecule is CN(C)S(=O)(=O)c1ccc(OC2CCC2)c(C(=O)O)c1. The van der Waals surface area contributed by atoms with E-state index in [-0.39, 0.29) is 22.3 Å². The Labute approximate surface area is 118 Å². The van der Waals surface area contributed by atoms with Crippen LogP contribution in [0.1, 0.15) is 29.6 Å². The first-order chi connectivity index (χ1) is 9.32. The number of nitrogens with zero attached hydrogens (tertiary/aromatic N) is 1. The molecule has 0 atom stereocenters. The Morgan fingerprint density at radius 1 is 1.35 bits per heavy atom. The summed E-state index contributed by atoms with van der Waals surface area (Å²) in [4.78, 5) is 11.2. The van der Waals surface area contributed by atoms with Gasteiger partial charge in [-0.05, 0) is 37.5 Å². The Hall–Kier alpha value is -1.60. The molecule has 1 N–H and O–H groups in total. The standard InChI is InChI=1S/C13H17NO5S/c1-14(2)20(17,18)10-6-7-12(11(8-10)13(15)16)19-9-4-3-5-9/h6-9H,3-5H2,1-2H3,(H,15,16). The maximum Gasteiger partial charge on any atom is 0.339 e. The van der Waals surface area contributed by atoms with E-state index in [1.165, 1.54) is 26.2 Å². The largest absolute Gasteiger partial charge is 0.490 e. The molecule has 0 saturated heterocycles. The summed E-state index contributed by atoms with van der Waals surface area (Å²) in [6.45, 7) is 0. The number of rotatable bonds is 5. The van der Waals surface area contributed by atoms with Crippen molar-refractivity contribution in [2.75, 3.05) is 14.1 Å². The van der Waals surface area contributed by atoms with Gasteiger partial charge in [0, 0.05) is 14.1 Å².